The molecule has 3 rings (SSSR count). The molecule has 122 valence electrons. The summed E-state index contributed by atoms with van der Waals surface area (Å²) in [5.41, 5.74) is 1.27. The molecule has 6 nitrogen and oxygen atoms in total. The minimum absolute atomic E-state index is 0.113. The quantitative estimate of drug-likeness (QED) is 0.671. The maximum absolute atomic E-state index is 11.9. The summed E-state index contributed by atoms with van der Waals surface area (Å²) in [7, 11) is 0. The van der Waals surface area contributed by atoms with E-state index in [2.05, 4.69) is 15.5 Å². The van der Waals surface area contributed by atoms with Crippen LogP contribution in [0.5, 0.6) is 5.75 Å². The third-order valence-electron chi connectivity index (χ3n) is 2.95. The summed E-state index contributed by atoms with van der Waals surface area (Å²) in [4.78, 5) is 11.9. The number of phenols is 1. The number of halogens is 1. The summed E-state index contributed by atoms with van der Waals surface area (Å²) in [5.74, 6) is 0.331. The molecule has 24 heavy (non-hydrogen) atoms. The number of benzene rings is 2. The summed E-state index contributed by atoms with van der Waals surface area (Å²) in [5, 5.41) is 20.9. The van der Waals surface area contributed by atoms with Crippen LogP contribution in [0.15, 0.2) is 58.2 Å². The second kappa shape index (κ2) is 7.37. The van der Waals surface area contributed by atoms with E-state index < -0.39 is 0 Å². The highest BCUT2D eigenvalue weighted by Gasteiger charge is 2.11. The van der Waals surface area contributed by atoms with Gasteiger partial charge in [-0.15, -0.1) is 10.2 Å². The Hall–Kier alpha value is -2.51. The summed E-state index contributed by atoms with van der Waals surface area (Å²) in [6.07, 6.45) is 0. The van der Waals surface area contributed by atoms with Gasteiger partial charge in [-0.25, -0.2) is 0 Å². The van der Waals surface area contributed by atoms with Crippen molar-refractivity contribution in [1.29, 1.82) is 0 Å². The number of hydrogen-bond acceptors (Lipinski definition) is 6. The molecule has 0 saturated carbocycles. The van der Waals surface area contributed by atoms with Gasteiger partial charge in [0.2, 0.25) is 11.8 Å². The molecule has 0 fully saturated rings. The van der Waals surface area contributed by atoms with E-state index in [1.165, 1.54) is 6.07 Å². The van der Waals surface area contributed by atoms with Crippen LogP contribution in [0.1, 0.15) is 0 Å². The molecular formula is C16H12ClN3O3S. The lowest BCUT2D eigenvalue weighted by Gasteiger charge is -2.03. The lowest BCUT2D eigenvalue weighted by Crippen LogP contribution is -2.13. The molecule has 3 aromatic rings. The standard InChI is InChI=1S/C16H12ClN3O3S/c17-11-4-6-12(7-5-11)18-14(22)9-24-16-20-19-15(23-16)10-2-1-3-13(21)8-10/h1-8,21H,9H2,(H,18,22). The van der Waals surface area contributed by atoms with Gasteiger partial charge in [-0.3, -0.25) is 4.79 Å². The smallest absolute Gasteiger partial charge is 0.277 e. The number of hydrogen-bond donors (Lipinski definition) is 2. The number of thioether (sulfide) groups is 1. The first-order chi connectivity index (χ1) is 11.6. The predicted molar refractivity (Wildman–Crippen MR) is 92.2 cm³/mol. The van der Waals surface area contributed by atoms with Gasteiger partial charge in [-0.2, -0.15) is 0 Å². The summed E-state index contributed by atoms with van der Waals surface area (Å²) in [6.45, 7) is 0. The zero-order chi connectivity index (χ0) is 16.9. The Morgan fingerprint density at radius 2 is 2.00 bits per heavy atom. The monoisotopic (exact) mass is 361 g/mol. The first-order valence-electron chi connectivity index (χ1n) is 6.91. The van der Waals surface area contributed by atoms with Crippen LogP contribution in [0, 0.1) is 0 Å². The van der Waals surface area contributed by atoms with Gasteiger partial charge in [0, 0.05) is 16.3 Å². The zero-order valence-electron chi connectivity index (χ0n) is 12.3. The van der Waals surface area contributed by atoms with Crippen molar-refractivity contribution in [2.45, 2.75) is 5.22 Å². The van der Waals surface area contributed by atoms with Crippen LogP contribution in [0.4, 0.5) is 5.69 Å². The van der Waals surface area contributed by atoms with Crippen LogP contribution in [0.3, 0.4) is 0 Å². The third-order valence-corrected chi connectivity index (χ3v) is 4.02. The second-order valence-corrected chi connectivity index (χ2v) is 6.13. The highest BCUT2D eigenvalue weighted by Crippen LogP contribution is 2.25. The summed E-state index contributed by atoms with van der Waals surface area (Å²) >= 11 is 6.92. The van der Waals surface area contributed by atoms with Crippen LogP contribution in [0.2, 0.25) is 5.02 Å². The highest BCUT2D eigenvalue weighted by atomic mass is 35.5. The summed E-state index contributed by atoms with van der Waals surface area (Å²) in [6, 6.07) is 13.3. The summed E-state index contributed by atoms with van der Waals surface area (Å²) < 4.78 is 5.47. The zero-order valence-corrected chi connectivity index (χ0v) is 13.8. The molecule has 0 aliphatic rings. The van der Waals surface area contributed by atoms with E-state index in [0.717, 1.165) is 11.8 Å². The van der Waals surface area contributed by atoms with Crippen molar-refractivity contribution in [2.75, 3.05) is 11.1 Å². The van der Waals surface area contributed by atoms with Crippen molar-refractivity contribution in [2.24, 2.45) is 0 Å². The van der Waals surface area contributed by atoms with Gasteiger partial charge in [0.1, 0.15) is 5.75 Å². The SMILES string of the molecule is O=C(CSc1nnc(-c2cccc(O)c2)o1)Nc1ccc(Cl)cc1. The number of carbonyl (C=O) groups is 1. The average Bonchev–Trinajstić information content (AvgIpc) is 3.04. The van der Waals surface area contributed by atoms with Crippen molar-refractivity contribution in [3.63, 3.8) is 0 Å². The van der Waals surface area contributed by atoms with Crippen LogP contribution in [0.25, 0.3) is 11.5 Å². The molecule has 0 atom stereocenters. The number of nitrogens with zero attached hydrogens (tertiary/aromatic N) is 2. The molecule has 0 bridgehead atoms. The van der Waals surface area contributed by atoms with Crippen molar-refractivity contribution in [1.82, 2.24) is 10.2 Å². The highest BCUT2D eigenvalue weighted by molar-refractivity contribution is 7.99. The Morgan fingerprint density at radius 1 is 1.21 bits per heavy atom. The Labute approximate surface area is 146 Å². The molecule has 0 aliphatic heterocycles. The first-order valence-corrected chi connectivity index (χ1v) is 8.27. The number of amides is 1. The van der Waals surface area contributed by atoms with E-state index in [1.54, 1.807) is 42.5 Å². The topological polar surface area (TPSA) is 88.2 Å². The molecule has 1 amide bonds. The van der Waals surface area contributed by atoms with Gasteiger partial charge >= 0.3 is 0 Å². The van der Waals surface area contributed by atoms with Crippen molar-refractivity contribution < 1.29 is 14.3 Å². The molecule has 0 spiro atoms. The van der Waals surface area contributed by atoms with E-state index in [1.807, 2.05) is 0 Å². The minimum atomic E-state index is -0.195. The lowest BCUT2D eigenvalue weighted by atomic mass is 10.2. The third kappa shape index (κ3) is 4.27. The number of nitrogens with one attached hydrogen (secondary N) is 1. The maximum Gasteiger partial charge on any atom is 0.277 e. The van der Waals surface area contributed by atoms with Gasteiger partial charge in [0.25, 0.3) is 5.22 Å². The average molecular weight is 362 g/mol. The fraction of sp³-hybridized carbons (Fsp3) is 0.0625. The molecule has 0 radical (unpaired) electrons. The fourth-order valence-corrected chi connectivity index (χ4v) is 2.57. The normalized spacial score (nSPS) is 10.5. The number of anilines is 1. The largest absolute Gasteiger partial charge is 0.508 e. The predicted octanol–water partition coefficient (Wildman–Crippen LogP) is 3.83. The molecule has 1 aromatic heterocycles. The van der Waals surface area contributed by atoms with E-state index in [9.17, 15) is 9.90 Å². The molecule has 1 heterocycles. The fourth-order valence-electron chi connectivity index (χ4n) is 1.88. The number of aromatic hydroxyl groups is 1. The maximum atomic E-state index is 11.9. The van der Waals surface area contributed by atoms with Gasteiger partial charge in [0.05, 0.1) is 5.75 Å². The minimum Gasteiger partial charge on any atom is -0.508 e. The van der Waals surface area contributed by atoms with Crippen LogP contribution >= 0.6 is 23.4 Å². The van der Waals surface area contributed by atoms with Gasteiger partial charge in [-0.05, 0) is 42.5 Å². The molecule has 0 aliphatic carbocycles. The Bertz CT molecular complexity index is 852. The van der Waals surface area contributed by atoms with Crippen LogP contribution in [-0.4, -0.2) is 27.0 Å². The number of aromatic nitrogens is 2. The van der Waals surface area contributed by atoms with Crippen LogP contribution in [-0.2, 0) is 4.79 Å². The molecule has 2 aromatic carbocycles. The molecular weight excluding hydrogens is 350 g/mol. The van der Waals surface area contributed by atoms with E-state index >= 15 is 0 Å². The van der Waals surface area contributed by atoms with Crippen molar-refractivity contribution >= 4 is 35.0 Å². The first kappa shape index (κ1) is 16.4. The van der Waals surface area contributed by atoms with Gasteiger partial charge < -0.3 is 14.8 Å². The van der Waals surface area contributed by atoms with Crippen molar-refractivity contribution in [3.05, 3.63) is 53.6 Å². The Balaban J connectivity index is 1.57. The Kier molecular flexibility index (Phi) is 5.02. The number of rotatable bonds is 5. The number of phenolic OH excluding ortho intramolecular Hbond substituents is 1. The molecule has 2 N–H and O–H groups in total. The van der Waals surface area contributed by atoms with E-state index in [-0.39, 0.29) is 28.5 Å². The van der Waals surface area contributed by atoms with Gasteiger partial charge in [-0.1, -0.05) is 29.4 Å². The van der Waals surface area contributed by atoms with E-state index in [0.29, 0.717) is 16.3 Å². The van der Waals surface area contributed by atoms with Crippen molar-refractivity contribution in [3.8, 4) is 17.2 Å². The van der Waals surface area contributed by atoms with Gasteiger partial charge in [0.15, 0.2) is 0 Å². The Morgan fingerprint density at radius 3 is 2.75 bits per heavy atom. The number of carbonyl (C=O) groups excluding carboxylic acids is 1. The lowest BCUT2D eigenvalue weighted by molar-refractivity contribution is -0.113. The van der Waals surface area contributed by atoms with Crippen LogP contribution < -0.4 is 5.32 Å². The molecule has 0 unspecified atom stereocenters. The van der Waals surface area contributed by atoms with E-state index in [4.69, 9.17) is 16.0 Å². The molecule has 8 heteroatoms. The second-order valence-electron chi connectivity index (χ2n) is 4.77. The molecule has 0 saturated heterocycles.